The lowest BCUT2D eigenvalue weighted by atomic mass is 10.1. The molecule has 0 aromatic heterocycles. The number of nitrogens with one attached hydrogen (secondary N) is 2. The quantitative estimate of drug-likeness (QED) is 0.819. The maximum atomic E-state index is 12.4. The molecule has 112 valence electrons. The monoisotopic (exact) mass is 289 g/mol. The lowest BCUT2D eigenvalue weighted by Crippen LogP contribution is -2.45. The normalized spacial score (nSPS) is 14.2. The number of urea groups is 1. The van der Waals surface area contributed by atoms with Crippen molar-refractivity contribution in [3.05, 3.63) is 29.3 Å². The van der Waals surface area contributed by atoms with E-state index in [1.165, 1.54) is 11.0 Å². The molecule has 6 heteroatoms. The number of amides is 4. The number of imide groups is 1. The first-order valence-corrected chi connectivity index (χ1v) is 6.83. The van der Waals surface area contributed by atoms with Gasteiger partial charge in [0.25, 0.3) is 11.8 Å². The molecule has 0 saturated heterocycles. The van der Waals surface area contributed by atoms with Gasteiger partial charge in [0.2, 0.25) is 0 Å². The topological polar surface area (TPSA) is 78.5 Å². The molecule has 1 aliphatic heterocycles. The molecule has 21 heavy (non-hydrogen) atoms. The van der Waals surface area contributed by atoms with E-state index in [2.05, 4.69) is 10.6 Å². The number of carbonyl (C=O) groups is 3. The molecule has 0 unspecified atom stereocenters. The van der Waals surface area contributed by atoms with E-state index in [0.717, 1.165) is 0 Å². The molecule has 0 fully saturated rings. The zero-order valence-corrected chi connectivity index (χ0v) is 12.6. The highest BCUT2D eigenvalue weighted by Gasteiger charge is 2.41. The molecule has 6 nitrogen and oxygen atoms in total. The van der Waals surface area contributed by atoms with Crippen molar-refractivity contribution < 1.29 is 14.4 Å². The van der Waals surface area contributed by atoms with Crippen molar-refractivity contribution in [1.82, 2.24) is 10.2 Å². The number of hydrogen-bond acceptors (Lipinski definition) is 3. The number of carbonyl (C=O) groups excluding carboxylic acids is 3. The first-order chi connectivity index (χ1) is 9.75. The van der Waals surface area contributed by atoms with Gasteiger partial charge in [-0.3, -0.25) is 14.5 Å². The van der Waals surface area contributed by atoms with E-state index in [1.807, 2.05) is 27.7 Å². The van der Waals surface area contributed by atoms with Crippen LogP contribution in [0, 0.1) is 0 Å². The first-order valence-electron chi connectivity index (χ1n) is 6.83. The average molecular weight is 289 g/mol. The van der Waals surface area contributed by atoms with Gasteiger partial charge in [-0.15, -0.1) is 0 Å². The molecule has 2 rings (SSSR count). The summed E-state index contributed by atoms with van der Waals surface area (Å²) in [5.41, 5.74) is 0.595. The second-order valence-corrected chi connectivity index (χ2v) is 5.86. The molecule has 0 radical (unpaired) electrons. The highest BCUT2D eigenvalue weighted by molar-refractivity contribution is 6.22. The van der Waals surface area contributed by atoms with Crippen LogP contribution in [-0.2, 0) is 0 Å². The SMILES string of the molecule is CCNC(=O)Nc1ccc2c(c1)C(=O)N(C(C)(C)C)C2=O. The molecule has 2 N–H and O–H groups in total. The molecule has 0 atom stereocenters. The van der Waals surface area contributed by atoms with E-state index in [0.29, 0.717) is 23.4 Å². The Hall–Kier alpha value is -2.37. The van der Waals surface area contributed by atoms with Gasteiger partial charge in [-0.2, -0.15) is 0 Å². The largest absolute Gasteiger partial charge is 0.338 e. The van der Waals surface area contributed by atoms with E-state index < -0.39 is 5.54 Å². The van der Waals surface area contributed by atoms with Gasteiger partial charge in [0.05, 0.1) is 11.1 Å². The van der Waals surface area contributed by atoms with Crippen LogP contribution in [0.25, 0.3) is 0 Å². The van der Waals surface area contributed by atoms with Crippen molar-refractivity contribution in [3.8, 4) is 0 Å². The number of hydrogen-bond donors (Lipinski definition) is 2. The Morgan fingerprint density at radius 2 is 1.76 bits per heavy atom. The molecular weight excluding hydrogens is 270 g/mol. The summed E-state index contributed by atoms with van der Waals surface area (Å²) in [6, 6.07) is 4.38. The fourth-order valence-electron chi connectivity index (χ4n) is 2.26. The minimum absolute atomic E-state index is 0.299. The van der Waals surface area contributed by atoms with Crippen molar-refractivity contribution in [2.45, 2.75) is 33.2 Å². The van der Waals surface area contributed by atoms with Crippen molar-refractivity contribution in [1.29, 1.82) is 0 Å². The van der Waals surface area contributed by atoms with Crippen molar-refractivity contribution >= 4 is 23.5 Å². The molecule has 0 spiro atoms. The number of fused-ring (bicyclic) bond motifs is 1. The van der Waals surface area contributed by atoms with Gasteiger partial charge in [0.1, 0.15) is 0 Å². The Bertz CT molecular complexity index is 617. The van der Waals surface area contributed by atoms with Crippen LogP contribution in [0.5, 0.6) is 0 Å². The smallest absolute Gasteiger partial charge is 0.319 e. The predicted octanol–water partition coefficient (Wildman–Crippen LogP) is 2.22. The van der Waals surface area contributed by atoms with Gasteiger partial charge < -0.3 is 10.6 Å². The second kappa shape index (κ2) is 5.20. The highest BCUT2D eigenvalue weighted by Crippen LogP contribution is 2.30. The third-order valence-corrected chi connectivity index (χ3v) is 3.15. The molecule has 1 heterocycles. The van der Waals surface area contributed by atoms with Crippen LogP contribution in [-0.4, -0.2) is 34.8 Å². The van der Waals surface area contributed by atoms with Crippen molar-refractivity contribution in [2.75, 3.05) is 11.9 Å². The number of anilines is 1. The molecule has 4 amide bonds. The third-order valence-electron chi connectivity index (χ3n) is 3.15. The average Bonchev–Trinajstić information content (AvgIpc) is 2.61. The molecule has 1 aromatic carbocycles. The van der Waals surface area contributed by atoms with Crippen molar-refractivity contribution in [2.24, 2.45) is 0 Å². The van der Waals surface area contributed by atoms with E-state index in [4.69, 9.17) is 0 Å². The number of benzene rings is 1. The van der Waals surface area contributed by atoms with Gasteiger partial charge in [0.15, 0.2) is 0 Å². The van der Waals surface area contributed by atoms with Gasteiger partial charge in [0, 0.05) is 17.8 Å². The fourth-order valence-corrected chi connectivity index (χ4v) is 2.26. The van der Waals surface area contributed by atoms with Crippen LogP contribution in [0.4, 0.5) is 10.5 Å². The molecule has 0 saturated carbocycles. The standard InChI is InChI=1S/C15H19N3O3/c1-5-16-14(21)17-9-6-7-10-11(8-9)13(20)18(12(10)19)15(2,3)4/h6-8H,5H2,1-4H3,(H2,16,17,21). The summed E-state index contributed by atoms with van der Waals surface area (Å²) in [5, 5.41) is 5.23. The van der Waals surface area contributed by atoms with Gasteiger partial charge >= 0.3 is 6.03 Å². The predicted molar refractivity (Wildman–Crippen MR) is 79.4 cm³/mol. The molecule has 0 bridgehead atoms. The van der Waals surface area contributed by atoms with Crippen LogP contribution in [0.3, 0.4) is 0 Å². The van der Waals surface area contributed by atoms with Crippen LogP contribution in [0.1, 0.15) is 48.4 Å². The molecule has 0 aliphatic carbocycles. The lowest BCUT2D eigenvalue weighted by Gasteiger charge is -2.29. The Morgan fingerprint density at radius 1 is 1.14 bits per heavy atom. The van der Waals surface area contributed by atoms with Crippen LogP contribution in [0.2, 0.25) is 0 Å². The Kier molecular flexibility index (Phi) is 3.72. The summed E-state index contributed by atoms with van der Waals surface area (Å²) in [6.45, 7) is 7.74. The molecular formula is C15H19N3O3. The Morgan fingerprint density at radius 3 is 2.33 bits per heavy atom. The van der Waals surface area contributed by atoms with Gasteiger partial charge in [-0.05, 0) is 45.9 Å². The minimum atomic E-state index is -0.583. The Balaban J connectivity index is 2.32. The number of rotatable bonds is 2. The van der Waals surface area contributed by atoms with E-state index >= 15 is 0 Å². The Labute approximate surface area is 123 Å². The van der Waals surface area contributed by atoms with E-state index in [9.17, 15) is 14.4 Å². The summed E-state index contributed by atoms with van der Waals surface area (Å²) in [5.74, 6) is -0.630. The van der Waals surface area contributed by atoms with E-state index in [1.54, 1.807) is 12.1 Å². The van der Waals surface area contributed by atoms with Crippen LogP contribution < -0.4 is 10.6 Å². The third kappa shape index (κ3) is 2.74. The highest BCUT2D eigenvalue weighted by atomic mass is 16.2. The zero-order valence-electron chi connectivity index (χ0n) is 12.6. The van der Waals surface area contributed by atoms with Crippen molar-refractivity contribution in [3.63, 3.8) is 0 Å². The summed E-state index contributed by atoms with van der Waals surface area (Å²) >= 11 is 0. The molecule has 1 aromatic rings. The maximum absolute atomic E-state index is 12.4. The second-order valence-electron chi connectivity index (χ2n) is 5.86. The van der Waals surface area contributed by atoms with Gasteiger partial charge in [-0.1, -0.05) is 0 Å². The maximum Gasteiger partial charge on any atom is 0.319 e. The van der Waals surface area contributed by atoms with Crippen LogP contribution in [0.15, 0.2) is 18.2 Å². The fraction of sp³-hybridized carbons (Fsp3) is 0.400. The number of nitrogens with zero attached hydrogens (tertiary/aromatic N) is 1. The van der Waals surface area contributed by atoms with Gasteiger partial charge in [-0.25, -0.2) is 4.79 Å². The summed E-state index contributed by atoms with van der Waals surface area (Å²) in [7, 11) is 0. The van der Waals surface area contributed by atoms with E-state index in [-0.39, 0.29) is 17.8 Å². The summed E-state index contributed by atoms with van der Waals surface area (Å²) < 4.78 is 0. The van der Waals surface area contributed by atoms with Crippen LogP contribution >= 0.6 is 0 Å². The first kappa shape index (κ1) is 15.0. The zero-order chi connectivity index (χ0) is 15.8. The lowest BCUT2D eigenvalue weighted by molar-refractivity contribution is 0.0508. The minimum Gasteiger partial charge on any atom is -0.338 e. The molecule has 1 aliphatic rings. The summed E-state index contributed by atoms with van der Waals surface area (Å²) in [6.07, 6.45) is 0. The summed E-state index contributed by atoms with van der Waals surface area (Å²) in [4.78, 5) is 37.4.